The highest BCUT2D eigenvalue weighted by molar-refractivity contribution is 5.95. The van der Waals surface area contributed by atoms with Gasteiger partial charge in [0.15, 0.2) is 35.7 Å². The molecule has 4 aromatic rings. The fraction of sp³-hybridized carbons (Fsp3) is 0.300. The highest BCUT2D eigenvalue weighted by Gasteiger charge is 2.32. The lowest BCUT2D eigenvalue weighted by molar-refractivity contribution is -0.686. The van der Waals surface area contributed by atoms with Gasteiger partial charge in [-0.05, 0) is 66.8 Å². The molecule has 6 nitrogen and oxygen atoms in total. The maximum absolute atomic E-state index is 5.83. The smallest absolute Gasteiger partial charge is 0.231 e. The van der Waals surface area contributed by atoms with E-state index in [0.29, 0.717) is 0 Å². The summed E-state index contributed by atoms with van der Waals surface area (Å²) in [6.45, 7) is 1.17. The van der Waals surface area contributed by atoms with Crippen LogP contribution in [-0.2, 0) is 25.8 Å². The molecule has 0 fully saturated rings. The van der Waals surface area contributed by atoms with Crippen molar-refractivity contribution in [1.29, 1.82) is 0 Å². The largest absolute Gasteiger partial charge is 0.497 e. The van der Waals surface area contributed by atoms with Gasteiger partial charge in [0, 0.05) is 17.4 Å². The van der Waals surface area contributed by atoms with Gasteiger partial charge in [0.25, 0.3) is 0 Å². The third-order valence-electron chi connectivity index (χ3n) is 7.29. The number of ether oxygens (including phenoxy) is 5. The van der Waals surface area contributed by atoms with Gasteiger partial charge in [-0.15, -0.1) is 0 Å². The minimum absolute atomic E-state index is 0.279. The molecular formula is C30H30NO5+. The predicted molar refractivity (Wildman–Crippen MR) is 138 cm³/mol. The van der Waals surface area contributed by atoms with E-state index in [1.807, 2.05) is 18.2 Å². The van der Waals surface area contributed by atoms with Gasteiger partial charge in [-0.3, -0.25) is 0 Å². The standard InChI is InChI=1S/C30H30NO5/c1-32-21-9-7-19(8-10-21)5-4-6-23-22-11-12-26(33-2)30(34-3)25(22)17-31-14-13-20-15-27-28(36-18-35-27)16-24(20)29(23)31/h7-12,15-17H,4-6,13-14,18H2,1-3H3/q+1. The normalized spacial score (nSPS) is 13.3. The van der Waals surface area contributed by atoms with Gasteiger partial charge in [0.2, 0.25) is 12.5 Å². The number of pyridine rings is 1. The molecule has 0 saturated heterocycles. The van der Waals surface area contributed by atoms with E-state index in [4.69, 9.17) is 23.7 Å². The summed E-state index contributed by atoms with van der Waals surface area (Å²) in [4.78, 5) is 0. The number of aromatic nitrogens is 1. The van der Waals surface area contributed by atoms with E-state index in [0.717, 1.165) is 66.4 Å². The van der Waals surface area contributed by atoms with Crippen molar-refractivity contribution in [3.05, 3.63) is 71.4 Å². The molecule has 184 valence electrons. The van der Waals surface area contributed by atoms with E-state index in [2.05, 4.69) is 41.1 Å². The molecule has 0 N–H and O–H groups in total. The molecule has 36 heavy (non-hydrogen) atoms. The second-order valence-electron chi connectivity index (χ2n) is 9.23. The first-order valence-electron chi connectivity index (χ1n) is 12.4. The minimum Gasteiger partial charge on any atom is -0.497 e. The molecule has 3 aromatic carbocycles. The van der Waals surface area contributed by atoms with Gasteiger partial charge in [-0.25, -0.2) is 0 Å². The molecule has 6 heteroatoms. The Hall–Kier alpha value is -3.93. The Labute approximate surface area is 210 Å². The molecule has 0 radical (unpaired) electrons. The summed E-state index contributed by atoms with van der Waals surface area (Å²) in [5, 5.41) is 2.27. The molecule has 2 aliphatic heterocycles. The molecule has 0 amide bonds. The number of aryl methyl sites for hydroxylation is 4. The first-order valence-corrected chi connectivity index (χ1v) is 12.4. The Morgan fingerprint density at radius 3 is 2.39 bits per heavy atom. The van der Waals surface area contributed by atoms with Crippen LogP contribution in [-0.4, -0.2) is 28.1 Å². The average molecular weight is 485 g/mol. The molecular weight excluding hydrogens is 454 g/mol. The molecule has 3 heterocycles. The molecule has 0 aliphatic carbocycles. The SMILES string of the molecule is COc1ccc(CCCc2c3[n+](cc4c(OC)c(OC)ccc24)CCc2cc4c(cc2-3)OCO4)cc1. The van der Waals surface area contributed by atoms with Gasteiger partial charge in [-0.1, -0.05) is 12.1 Å². The molecule has 0 atom stereocenters. The van der Waals surface area contributed by atoms with Crippen molar-refractivity contribution in [3.63, 3.8) is 0 Å². The van der Waals surface area contributed by atoms with Crippen LogP contribution in [0.15, 0.2) is 54.7 Å². The lowest BCUT2D eigenvalue weighted by Crippen LogP contribution is -2.41. The summed E-state index contributed by atoms with van der Waals surface area (Å²) in [5.74, 6) is 4.07. The van der Waals surface area contributed by atoms with E-state index < -0.39 is 0 Å². The van der Waals surface area contributed by atoms with Crippen LogP contribution in [0.2, 0.25) is 0 Å². The minimum atomic E-state index is 0.279. The van der Waals surface area contributed by atoms with E-state index >= 15 is 0 Å². The number of methoxy groups -OCH3 is 3. The van der Waals surface area contributed by atoms with Gasteiger partial charge < -0.3 is 23.7 Å². The highest BCUT2D eigenvalue weighted by atomic mass is 16.7. The first kappa shape index (κ1) is 22.5. The van der Waals surface area contributed by atoms with Crippen molar-refractivity contribution in [2.75, 3.05) is 28.1 Å². The lowest BCUT2D eigenvalue weighted by Gasteiger charge is -2.21. The molecule has 0 unspecified atom stereocenters. The van der Waals surface area contributed by atoms with Crippen molar-refractivity contribution >= 4 is 10.8 Å². The zero-order valence-corrected chi connectivity index (χ0v) is 20.9. The second kappa shape index (κ2) is 9.26. The number of nitrogens with zero attached hydrogens (tertiary/aromatic N) is 1. The first-order chi connectivity index (χ1) is 17.7. The van der Waals surface area contributed by atoms with Crippen molar-refractivity contribution in [2.24, 2.45) is 0 Å². The van der Waals surface area contributed by atoms with Crippen LogP contribution in [0.25, 0.3) is 22.0 Å². The third kappa shape index (κ3) is 3.77. The number of benzene rings is 3. The molecule has 2 aliphatic rings. The number of hydrogen-bond donors (Lipinski definition) is 0. The van der Waals surface area contributed by atoms with Crippen LogP contribution in [0.1, 0.15) is 23.1 Å². The number of fused-ring (bicyclic) bond motifs is 5. The summed E-state index contributed by atoms with van der Waals surface area (Å²) in [6, 6.07) is 16.8. The summed E-state index contributed by atoms with van der Waals surface area (Å²) >= 11 is 0. The van der Waals surface area contributed by atoms with Gasteiger partial charge in [0.1, 0.15) is 5.75 Å². The third-order valence-corrected chi connectivity index (χ3v) is 7.29. The van der Waals surface area contributed by atoms with E-state index in [-0.39, 0.29) is 6.79 Å². The summed E-state index contributed by atoms with van der Waals surface area (Å²) in [5.41, 5.74) is 6.41. The Morgan fingerprint density at radius 2 is 1.64 bits per heavy atom. The molecule has 1 aromatic heterocycles. The van der Waals surface area contributed by atoms with E-state index in [9.17, 15) is 0 Å². The monoisotopic (exact) mass is 484 g/mol. The quantitative estimate of drug-likeness (QED) is 0.334. The molecule has 0 saturated carbocycles. The van der Waals surface area contributed by atoms with Crippen molar-refractivity contribution in [3.8, 4) is 40.0 Å². The van der Waals surface area contributed by atoms with Crippen molar-refractivity contribution in [2.45, 2.75) is 32.2 Å². The lowest BCUT2D eigenvalue weighted by atomic mass is 9.89. The Balaban J connectivity index is 1.47. The highest BCUT2D eigenvalue weighted by Crippen LogP contribution is 2.43. The number of rotatable bonds is 7. The Bertz CT molecular complexity index is 1440. The fourth-order valence-electron chi connectivity index (χ4n) is 5.52. The van der Waals surface area contributed by atoms with Crippen LogP contribution >= 0.6 is 0 Å². The average Bonchev–Trinajstić information content (AvgIpc) is 3.38. The summed E-state index contributed by atoms with van der Waals surface area (Å²) in [7, 11) is 5.09. The maximum Gasteiger partial charge on any atom is 0.231 e. The Morgan fingerprint density at radius 1 is 0.833 bits per heavy atom. The van der Waals surface area contributed by atoms with Gasteiger partial charge in [0.05, 0.1) is 32.3 Å². The van der Waals surface area contributed by atoms with E-state index in [1.165, 1.54) is 33.3 Å². The second-order valence-corrected chi connectivity index (χ2v) is 9.23. The zero-order chi connectivity index (χ0) is 24.6. The van der Waals surface area contributed by atoms with Crippen LogP contribution in [0.4, 0.5) is 0 Å². The van der Waals surface area contributed by atoms with Gasteiger partial charge in [-0.2, -0.15) is 4.57 Å². The van der Waals surface area contributed by atoms with Crippen molar-refractivity contribution in [1.82, 2.24) is 0 Å². The Kier molecular flexibility index (Phi) is 5.80. The molecule has 0 bridgehead atoms. The van der Waals surface area contributed by atoms with Crippen molar-refractivity contribution < 1.29 is 28.3 Å². The zero-order valence-electron chi connectivity index (χ0n) is 20.9. The summed E-state index contributed by atoms with van der Waals surface area (Å²) in [6.07, 6.45) is 6.09. The topological polar surface area (TPSA) is 50.0 Å². The van der Waals surface area contributed by atoms with Crippen LogP contribution in [0.3, 0.4) is 0 Å². The van der Waals surface area contributed by atoms with Crippen LogP contribution in [0, 0.1) is 0 Å². The number of hydrogen-bond acceptors (Lipinski definition) is 5. The van der Waals surface area contributed by atoms with Crippen LogP contribution < -0.4 is 28.3 Å². The molecule has 6 rings (SSSR count). The van der Waals surface area contributed by atoms with Gasteiger partial charge >= 0.3 is 0 Å². The maximum atomic E-state index is 5.83. The van der Waals surface area contributed by atoms with E-state index in [1.54, 1.807) is 21.3 Å². The predicted octanol–water partition coefficient (Wildman–Crippen LogP) is 5.28. The van der Waals surface area contributed by atoms with Crippen LogP contribution in [0.5, 0.6) is 28.7 Å². The summed E-state index contributed by atoms with van der Waals surface area (Å²) < 4.78 is 30.6. The fourth-order valence-corrected chi connectivity index (χ4v) is 5.52. The molecule has 0 spiro atoms.